The summed E-state index contributed by atoms with van der Waals surface area (Å²) < 4.78 is 1.72. The van der Waals surface area contributed by atoms with E-state index in [9.17, 15) is 4.79 Å². The molecule has 3 aromatic heterocycles. The minimum Gasteiger partial charge on any atom is -0.343 e. The number of hydrogen-bond donors (Lipinski definition) is 1. The highest BCUT2D eigenvalue weighted by Gasteiger charge is 2.22. The lowest BCUT2D eigenvalue weighted by atomic mass is 10.1. The number of hydrogen-bond acceptors (Lipinski definition) is 5. The molecule has 7 heteroatoms. The zero-order valence-corrected chi connectivity index (χ0v) is 18.7. The van der Waals surface area contributed by atoms with E-state index in [4.69, 9.17) is 10.1 Å². The number of nitrogens with zero attached hydrogens (tertiary/aromatic N) is 4. The minimum absolute atomic E-state index is 0.208. The Morgan fingerprint density at radius 2 is 1.70 bits per heavy atom. The third kappa shape index (κ3) is 4.44. The van der Waals surface area contributed by atoms with E-state index >= 15 is 0 Å². The van der Waals surface area contributed by atoms with Crippen molar-refractivity contribution in [2.75, 3.05) is 0 Å². The van der Waals surface area contributed by atoms with Crippen molar-refractivity contribution in [3.63, 3.8) is 0 Å². The Hall–Kier alpha value is -4.10. The highest BCUT2D eigenvalue weighted by molar-refractivity contribution is 7.10. The van der Waals surface area contributed by atoms with Crippen LogP contribution in [0.15, 0.2) is 96.8 Å². The number of thiazole rings is 1. The molecule has 5 rings (SSSR count). The summed E-state index contributed by atoms with van der Waals surface area (Å²) in [5.41, 5.74) is 4.69. The number of rotatable bonds is 6. The SMILES string of the molecule is CC(NC(=O)c1cn(-c2ccccc2)nc1-c1cccnc1)c1nc(-c2ccccc2)cs1. The topological polar surface area (TPSA) is 72.7 Å². The lowest BCUT2D eigenvalue weighted by Gasteiger charge is -2.11. The van der Waals surface area contributed by atoms with Gasteiger partial charge in [0.1, 0.15) is 10.7 Å². The van der Waals surface area contributed by atoms with Crippen LogP contribution < -0.4 is 5.32 Å². The van der Waals surface area contributed by atoms with Crippen LogP contribution in [0.3, 0.4) is 0 Å². The number of pyridine rings is 1. The molecule has 0 aliphatic rings. The lowest BCUT2D eigenvalue weighted by molar-refractivity contribution is 0.0940. The molecule has 1 atom stereocenters. The third-order valence-corrected chi connectivity index (χ3v) is 6.25. The Balaban J connectivity index is 1.43. The molecule has 0 radical (unpaired) electrons. The normalized spacial score (nSPS) is 11.8. The summed E-state index contributed by atoms with van der Waals surface area (Å²) in [5.74, 6) is -0.208. The number of para-hydroxylation sites is 1. The monoisotopic (exact) mass is 451 g/mol. The van der Waals surface area contributed by atoms with Crippen molar-refractivity contribution in [1.29, 1.82) is 0 Å². The standard InChI is InChI=1S/C26H21N5OS/c1-18(26-29-23(17-33-26)19-9-4-2-5-10-19)28-25(32)22-16-31(21-12-6-3-7-13-21)30-24(22)20-11-8-14-27-15-20/h2-18H,1H3,(H,28,32). The Bertz CT molecular complexity index is 1360. The van der Waals surface area contributed by atoms with Crippen LogP contribution in [0.4, 0.5) is 0 Å². The molecule has 1 N–H and O–H groups in total. The largest absolute Gasteiger partial charge is 0.343 e. The average molecular weight is 452 g/mol. The Kier molecular flexibility index (Phi) is 5.78. The predicted octanol–water partition coefficient (Wildman–Crippen LogP) is 5.55. The van der Waals surface area contributed by atoms with Gasteiger partial charge in [-0.1, -0.05) is 48.5 Å². The summed E-state index contributed by atoms with van der Waals surface area (Å²) in [6, 6.07) is 23.2. The molecule has 33 heavy (non-hydrogen) atoms. The first-order valence-electron chi connectivity index (χ1n) is 10.6. The number of nitrogens with one attached hydrogen (secondary N) is 1. The fourth-order valence-corrected chi connectivity index (χ4v) is 4.37. The number of aromatic nitrogens is 4. The third-order valence-electron chi connectivity index (χ3n) is 5.22. The maximum Gasteiger partial charge on any atom is 0.255 e. The van der Waals surface area contributed by atoms with Crippen molar-refractivity contribution in [1.82, 2.24) is 25.1 Å². The first-order chi connectivity index (χ1) is 16.2. The Labute approximate surface area is 195 Å². The van der Waals surface area contributed by atoms with Gasteiger partial charge in [0.25, 0.3) is 5.91 Å². The van der Waals surface area contributed by atoms with Gasteiger partial charge >= 0.3 is 0 Å². The summed E-state index contributed by atoms with van der Waals surface area (Å²) in [6.07, 6.45) is 5.17. The highest BCUT2D eigenvalue weighted by Crippen LogP contribution is 2.27. The molecule has 3 heterocycles. The molecule has 1 unspecified atom stereocenters. The summed E-state index contributed by atoms with van der Waals surface area (Å²) in [5, 5.41) is 10.6. The van der Waals surface area contributed by atoms with Gasteiger partial charge in [-0.25, -0.2) is 9.67 Å². The van der Waals surface area contributed by atoms with Crippen molar-refractivity contribution in [3.8, 4) is 28.2 Å². The van der Waals surface area contributed by atoms with Gasteiger partial charge in [-0.2, -0.15) is 5.10 Å². The van der Waals surface area contributed by atoms with Crippen molar-refractivity contribution < 1.29 is 4.79 Å². The fraction of sp³-hybridized carbons (Fsp3) is 0.0769. The van der Waals surface area contributed by atoms with Gasteiger partial charge in [0.05, 0.1) is 23.0 Å². The van der Waals surface area contributed by atoms with Crippen LogP contribution in [0.25, 0.3) is 28.2 Å². The van der Waals surface area contributed by atoms with Crippen LogP contribution in [0.5, 0.6) is 0 Å². The van der Waals surface area contributed by atoms with Crippen LogP contribution in [-0.2, 0) is 0 Å². The number of benzene rings is 2. The van der Waals surface area contributed by atoms with Crippen molar-refractivity contribution in [3.05, 3.63) is 107 Å². The smallest absolute Gasteiger partial charge is 0.255 e. The molecule has 0 spiro atoms. The van der Waals surface area contributed by atoms with E-state index in [2.05, 4.69) is 10.3 Å². The van der Waals surface area contributed by atoms with Crippen LogP contribution in [0.1, 0.15) is 28.3 Å². The molecule has 1 amide bonds. The molecule has 162 valence electrons. The zero-order valence-electron chi connectivity index (χ0n) is 17.9. The zero-order chi connectivity index (χ0) is 22.6. The minimum atomic E-state index is -0.248. The molecule has 0 fully saturated rings. The maximum atomic E-state index is 13.3. The quantitative estimate of drug-likeness (QED) is 0.367. The van der Waals surface area contributed by atoms with Gasteiger partial charge in [-0.05, 0) is 31.2 Å². The van der Waals surface area contributed by atoms with Crippen LogP contribution >= 0.6 is 11.3 Å². The van der Waals surface area contributed by atoms with Crippen molar-refractivity contribution in [2.24, 2.45) is 0 Å². The number of carbonyl (C=O) groups excluding carboxylic acids is 1. The maximum absolute atomic E-state index is 13.3. The molecule has 5 aromatic rings. The van der Waals surface area contributed by atoms with Crippen LogP contribution in [0.2, 0.25) is 0 Å². The second-order valence-corrected chi connectivity index (χ2v) is 8.44. The first-order valence-corrected chi connectivity index (χ1v) is 11.4. The van der Waals surface area contributed by atoms with Crippen LogP contribution in [0, 0.1) is 0 Å². The lowest BCUT2D eigenvalue weighted by Crippen LogP contribution is -2.26. The second-order valence-electron chi connectivity index (χ2n) is 7.55. The average Bonchev–Trinajstić information content (AvgIpc) is 3.54. The summed E-state index contributed by atoms with van der Waals surface area (Å²) >= 11 is 1.54. The number of amides is 1. The van der Waals surface area contributed by atoms with Gasteiger partial charge in [0.2, 0.25) is 0 Å². The molecule has 2 aromatic carbocycles. The summed E-state index contributed by atoms with van der Waals surface area (Å²) in [4.78, 5) is 22.3. The molecule has 0 aliphatic heterocycles. The van der Waals surface area contributed by atoms with E-state index < -0.39 is 0 Å². The molecular formula is C26H21N5OS. The Morgan fingerprint density at radius 3 is 2.42 bits per heavy atom. The van der Waals surface area contributed by atoms with E-state index in [1.807, 2.05) is 85.1 Å². The van der Waals surface area contributed by atoms with Crippen LogP contribution in [-0.4, -0.2) is 25.7 Å². The van der Waals surface area contributed by atoms with Gasteiger partial charge in [-0.15, -0.1) is 11.3 Å². The first kappa shape index (κ1) is 20.8. The van der Waals surface area contributed by atoms with Gasteiger partial charge < -0.3 is 5.32 Å². The second kappa shape index (κ2) is 9.18. The molecule has 0 aliphatic carbocycles. The molecule has 0 bridgehead atoms. The fourth-order valence-electron chi connectivity index (χ4n) is 3.53. The van der Waals surface area contributed by atoms with E-state index in [1.54, 1.807) is 23.3 Å². The highest BCUT2D eigenvalue weighted by atomic mass is 32.1. The summed E-state index contributed by atoms with van der Waals surface area (Å²) in [7, 11) is 0. The number of carbonyl (C=O) groups is 1. The van der Waals surface area contributed by atoms with E-state index in [1.165, 1.54) is 11.3 Å². The van der Waals surface area contributed by atoms with Crippen molar-refractivity contribution in [2.45, 2.75) is 13.0 Å². The van der Waals surface area contributed by atoms with Gasteiger partial charge in [0.15, 0.2) is 0 Å². The molecule has 0 saturated carbocycles. The van der Waals surface area contributed by atoms with E-state index in [0.717, 1.165) is 27.5 Å². The van der Waals surface area contributed by atoms with E-state index in [-0.39, 0.29) is 11.9 Å². The van der Waals surface area contributed by atoms with Gasteiger partial charge in [0, 0.05) is 35.1 Å². The molecule has 6 nitrogen and oxygen atoms in total. The molecular weight excluding hydrogens is 430 g/mol. The molecule has 0 saturated heterocycles. The predicted molar refractivity (Wildman–Crippen MR) is 130 cm³/mol. The Morgan fingerprint density at radius 1 is 0.970 bits per heavy atom. The van der Waals surface area contributed by atoms with Gasteiger partial charge in [-0.3, -0.25) is 9.78 Å². The van der Waals surface area contributed by atoms with E-state index in [0.29, 0.717) is 11.3 Å². The summed E-state index contributed by atoms with van der Waals surface area (Å²) in [6.45, 7) is 1.94. The van der Waals surface area contributed by atoms with Crippen molar-refractivity contribution >= 4 is 17.2 Å².